The summed E-state index contributed by atoms with van der Waals surface area (Å²) in [4.78, 5) is 36.2. The molecule has 1 aromatic carbocycles. The second-order valence-electron chi connectivity index (χ2n) is 4.43. The molecule has 3 amide bonds. The number of urea groups is 1. The molecule has 2 rings (SSSR count). The normalized spacial score (nSPS) is 15.5. The highest BCUT2D eigenvalue weighted by molar-refractivity contribution is 6.30. The van der Waals surface area contributed by atoms with E-state index in [1.54, 1.807) is 0 Å². The molecule has 0 aromatic heterocycles. The predicted molar refractivity (Wildman–Crippen MR) is 73.1 cm³/mol. The van der Waals surface area contributed by atoms with E-state index < -0.39 is 24.0 Å². The Morgan fingerprint density at radius 1 is 1.48 bits per heavy atom. The number of imide groups is 1. The SMILES string of the molecule is CC(OC(=O)c1ccc(Cl)cc1O)C(=O)N1CCNC1=O. The van der Waals surface area contributed by atoms with Crippen molar-refractivity contribution in [3.63, 3.8) is 0 Å². The largest absolute Gasteiger partial charge is 0.507 e. The van der Waals surface area contributed by atoms with Crippen molar-refractivity contribution in [1.29, 1.82) is 0 Å². The van der Waals surface area contributed by atoms with Crippen LogP contribution in [0.15, 0.2) is 18.2 Å². The highest BCUT2D eigenvalue weighted by atomic mass is 35.5. The number of phenols is 1. The molecule has 1 aliphatic heterocycles. The first-order valence-corrected chi connectivity index (χ1v) is 6.56. The Bertz CT molecular complexity index is 604. The molecular formula is C13H13ClN2O5. The summed E-state index contributed by atoms with van der Waals surface area (Å²) in [6.07, 6.45) is -1.14. The zero-order valence-corrected chi connectivity index (χ0v) is 11.9. The summed E-state index contributed by atoms with van der Waals surface area (Å²) in [5.74, 6) is -1.83. The number of ether oxygens (including phenoxy) is 1. The Labute approximate surface area is 125 Å². The Kier molecular flexibility index (Phi) is 4.32. The van der Waals surface area contributed by atoms with Gasteiger partial charge in [-0.15, -0.1) is 0 Å². The number of nitrogens with one attached hydrogen (secondary N) is 1. The number of halogens is 1. The van der Waals surface area contributed by atoms with E-state index in [4.69, 9.17) is 16.3 Å². The number of aromatic hydroxyl groups is 1. The number of carbonyl (C=O) groups excluding carboxylic acids is 3. The zero-order chi connectivity index (χ0) is 15.6. The van der Waals surface area contributed by atoms with E-state index in [2.05, 4.69) is 5.32 Å². The van der Waals surface area contributed by atoms with E-state index in [0.29, 0.717) is 6.54 Å². The van der Waals surface area contributed by atoms with Crippen LogP contribution in [0, 0.1) is 0 Å². The Balaban J connectivity index is 2.05. The van der Waals surface area contributed by atoms with Crippen LogP contribution >= 0.6 is 11.6 Å². The lowest BCUT2D eigenvalue weighted by Gasteiger charge is -2.18. The highest BCUT2D eigenvalue weighted by Crippen LogP contribution is 2.23. The lowest BCUT2D eigenvalue weighted by molar-refractivity contribution is -0.136. The molecule has 1 fully saturated rings. The van der Waals surface area contributed by atoms with Gasteiger partial charge in [0, 0.05) is 18.1 Å². The molecule has 0 radical (unpaired) electrons. The molecule has 0 bridgehead atoms. The van der Waals surface area contributed by atoms with Crippen LogP contribution in [0.3, 0.4) is 0 Å². The molecule has 7 nitrogen and oxygen atoms in total. The topological polar surface area (TPSA) is 95.9 Å². The first kappa shape index (κ1) is 15.1. The predicted octanol–water partition coefficient (Wildman–Crippen LogP) is 1.14. The lowest BCUT2D eigenvalue weighted by atomic mass is 10.2. The van der Waals surface area contributed by atoms with Crippen LogP contribution in [0.4, 0.5) is 4.79 Å². The number of hydrogen-bond donors (Lipinski definition) is 2. The van der Waals surface area contributed by atoms with Crippen molar-refractivity contribution in [3.05, 3.63) is 28.8 Å². The third-order valence-corrected chi connectivity index (χ3v) is 3.17. The van der Waals surface area contributed by atoms with E-state index in [-0.39, 0.29) is 22.9 Å². The Morgan fingerprint density at radius 3 is 2.76 bits per heavy atom. The third-order valence-electron chi connectivity index (χ3n) is 2.93. The molecular weight excluding hydrogens is 300 g/mol. The van der Waals surface area contributed by atoms with Gasteiger partial charge in [0.15, 0.2) is 6.10 Å². The zero-order valence-electron chi connectivity index (χ0n) is 11.1. The number of hydrogen-bond acceptors (Lipinski definition) is 5. The summed E-state index contributed by atoms with van der Waals surface area (Å²) in [5, 5.41) is 12.4. The lowest BCUT2D eigenvalue weighted by Crippen LogP contribution is -2.41. The van der Waals surface area contributed by atoms with Gasteiger partial charge in [0.1, 0.15) is 11.3 Å². The smallest absolute Gasteiger partial charge is 0.342 e. The summed E-state index contributed by atoms with van der Waals surface area (Å²) in [6.45, 7) is 1.95. The van der Waals surface area contributed by atoms with Crippen molar-refractivity contribution in [3.8, 4) is 5.75 Å². The van der Waals surface area contributed by atoms with Crippen LogP contribution in [-0.4, -0.2) is 47.1 Å². The summed E-state index contributed by atoms with van der Waals surface area (Å²) < 4.78 is 4.97. The highest BCUT2D eigenvalue weighted by Gasteiger charge is 2.32. The number of carbonyl (C=O) groups is 3. The van der Waals surface area contributed by atoms with Gasteiger partial charge in [0.2, 0.25) is 0 Å². The van der Waals surface area contributed by atoms with E-state index in [0.717, 1.165) is 4.90 Å². The summed E-state index contributed by atoms with van der Waals surface area (Å²) in [6, 6.07) is 3.38. The maximum atomic E-state index is 12.0. The van der Waals surface area contributed by atoms with Gasteiger partial charge in [0.25, 0.3) is 5.91 Å². The average Bonchev–Trinajstić information content (AvgIpc) is 2.83. The molecule has 21 heavy (non-hydrogen) atoms. The van der Waals surface area contributed by atoms with Gasteiger partial charge in [0.05, 0.1) is 0 Å². The van der Waals surface area contributed by atoms with Gasteiger partial charge in [-0.25, -0.2) is 9.59 Å². The van der Waals surface area contributed by atoms with Gasteiger partial charge in [-0.3, -0.25) is 9.69 Å². The summed E-state index contributed by atoms with van der Waals surface area (Å²) in [5.41, 5.74) is -0.107. The summed E-state index contributed by atoms with van der Waals surface area (Å²) >= 11 is 5.66. The third kappa shape index (κ3) is 3.25. The molecule has 2 N–H and O–H groups in total. The summed E-state index contributed by atoms with van der Waals surface area (Å²) in [7, 11) is 0. The first-order chi connectivity index (χ1) is 9.90. The first-order valence-electron chi connectivity index (χ1n) is 6.19. The van der Waals surface area contributed by atoms with E-state index in [1.165, 1.54) is 25.1 Å². The van der Waals surface area contributed by atoms with Crippen LogP contribution < -0.4 is 5.32 Å². The maximum absolute atomic E-state index is 12.0. The van der Waals surface area contributed by atoms with Crippen molar-refractivity contribution < 1.29 is 24.2 Å². The number of esters is 1. The number of benzene rings is 1. The van der Waals surface area contributed by atoms with Crippen LogP contribution in [0.1, 0.15) is 17.3 Å². The van der Waals surface area contributed by atoms with Gasteiger partial charge in [-0.05, 0) is 25.1 Å². The molecule has 112 valence electrons. The van der Waals surface area contributed by atoms with Crippen LogP contribution in [0.5, 0.6) is 5.75 Å². The van der Waals surface area contributed by atoms with Crippen molar-refractivity contribution in [2.24, 2.45) is 0 Å². The number of rotatable bonds is 3. The molecule has 1 aliphatic rings. The monoisotopic (exact) mass is 312 g/mol. The van der Waals surface area contributed by atoms with Crippen LogP contribution in [0.25, 0.3) is 0 Å². The van der Waals surface area contributed by atoms with E-state index in [1.807, 2.05) is 0 Å². The fraction of sp³-hybridized carbons (Fsp3) is 0.308. The quantitative estimate of drug-likeness (QED) is 0.816. The fourth-order valence-corrected chi connectivity index (χ4v) is 2.02. The van der Waals surface area contributed by atoms with E-state index in [9.17, 15) is 19.5 Å². The minimum Gasteiger partial charge on any atom is -0.507 e. The second-order valence-corrected chi connectivity index (χ2v) is 4.87. The molecule has 1 aromatic rings. The molecule has 1 saturated heterocycles. The van der Waals surface area contributed by atoms with Gasteiger partial charge < -0.3 is 15.2 Å². The number of amides is 3. The molecule has 1 atom stereocenters. The van der Waals surface area contributed by atoms with Crippen molar-refractivity contribution in [1.82, 2.24) is 10.2 Å². The van der Waals surface area contributed by atoms with Crippen LogP contribution in [0.2, 0.25) is 5.02 Å². The Hall–Kier alpha value is -2.28. The molecule has 0 saturated carbocycles. The van der Waals surface area contributed by atoms with Gasteiger partial charge in [-0.1, -0.05) is 11.6 Å². The minimum atomic E-state index is -1.14. The Morgan fingerprint density at radius 2 is 2.19 bits per heavy atom. The fourth-order valence-electron chi connectivity index (χ4n) is 1.85. The maximum Gasteiger partial charge on any atom is 0.342 e. The minimum absolute atomic E-state index is 0.107. The molecule has 1 unspecified atom stereocenters. The van der Waals surface area contributed by atoms with Gasteiger partial charge >= 0.3 is 12.0 Å². The molecule has 0 spiro atoms. The number of phenolic OH excluding ortho intramolecular Hbond substituents is 1. The van der Waals surface area contributed by atoms with Crippen molar-refractivity contribution in [2.45, 2.75) is 13.0 Å². The van der Waals surface area contributed by atoms with Crippen LogP contribution in [-0.2, 0) is 9.53 Å². The molecule has 8 heteroatoms. The second kappa shape index (κ2) is 6.01. The average molecular weight is 313 g/mol. The van der Waals surface area contributed by atoms with Crippen molar-refractivity contribution in [2.75, 3.05) is 13.1 Å². The number of nitrogens with zero attached hydrogens (tertiary/aromatic N) is 1. The molecule has 0 aliphatic carbocycles. The molecule has 1 heterocycles. The van der Waals surface area contributed by atoms with Crippen molar-refractivity contribution >= 4 is 29.5 Å². The van der Waals surface area contributed by atoms with Gasteiger partial charge in [-0.2, -0.15) is 0 Å². The standard InChI is InChI=1S/C13H13ClN2O5/c1-7(11(18)16-5-4-15-13(16)20)21-12(19)9-3-2-8(14)6-10(9)17/h2-3,6-7,17H,4-5H2,1H3,(H,15,20). The van der Waals surface area contributed by atoms with E-state index >= 15 is 0 Å².